The van der Waals surface area contributed by atoms with E-state index in [1.165, 1.54) is 0 Å². The second-order valence-electron chi connectivity index (χ2n) is 3.78. The smallest absolute Gasteiger partial charge is 0.338 e. The number of benzene rings is 1. The van der Waals surface area contributed by atoms with E-state index in [1.54, 1.807) is 12.1 Å². The van der Waals surface area contributed by atoms with Gasteiger partial charge in [-0.3, -0.25) is 0 Å². The summed E-state index contributed by atoms with van der Waals surface area (Å²) < 4.78 is 10.8. The standard InChI is InChI=1S/C11H18O3Si2/c1-16(2)14-15-9-8-13-11(12)10-6-4-3-5-7-10/h3-7,16H,8-9,15H2,1-2H3. The molecule has 0 aromatic heterocycles. The third-order valence-corrected chi connectivity index (χ3v) is 6.17. The van der Waals surface area contributed by atoms with Crippen LogP contribution in [0.2, 0.25) is 19.1 Å². The summed E-state index contributed by atoms with van der Waals surface area (Å²) in [6.45, 7) is 4.80. The number of rotatable bonds is 6. The molecule has 1 rings (SSSR count). The molecule has 0 amide bonds. The molecule has 3 nitrogen and oxygen atoms in total. The zero-order valence-electron chi connectivity index (χ0n) is 9.81. The van der Waals surface area contributed by atoms with Crippen molar-refractivity contribution in [1.82, 2.24) is 0 Å². The van der Waals surface area contributed by atoms with E-state index in [9.17, 15) is 4.79 Å². The Morgan fingerprint density at radius 2 is 2.00 bits per heavy atom. The van der Waals surface area contributed by atoms with Crippen LogP contribution in [0, 0.1) is 0 Å². The van der Waals surface area contributed by atoms with E-state index < -0.39 is 18.8 Å². The topological polar surface area (TPSA) is 35.5 Å². The molecule has 16 heavy (non-hydrogen) atoms. The minimum atomic E-state index is -0.876. The minimum absolute atomic E-state index is 0.239. The van der Waals surface area contributed by atoms with Gasteiger partial charge in [0, 0.05) is 0 Å². The molecule has 0 aliphatic carbocycles. The van der Waals surface area contributed by atoms with Gasteiger partial charge >= 0.3 is 5.97 Å². The molecular weight excluding hydrogens is 236 g/mol. The Morgan fingerprint density at radius 1 is 1.31 bits per heavy atom. The summed E-state index contributed by atoms with van der Waals surface area (Å²) in [6, 6.07) is 9.97. The quantitative estimate of drug-likeness (QED) is 0.437. The largest absolute Gasteiger partial charge is 0.463 e. The van der Waals surface area contributed by atoms with Gasteiger partial charge in [0.05, 0.1) is 12.2 Å². The van der Waals surface area contributed by atoms with Crippen LogP contribution in [0.25, 0.3) is 0 Å². The van der Waals surface area contributed by atoms with E-state index in [0.717, 1.165) is 6.04 Å². The average Bonchev–Trinajstić information content (AvgIpc) is 2.29. The maximum Gasteiger partial charge on any atom is 0.338 e. The molecule has 0 saturated carbocycles. The summed E-state index contributed by atoms with van der Waals surface area (Å²) in [7, 11) is -1.35. The van der Waals surface area contributed by atoms with E-state index in [-0.39, 0.29) is 5.97 Å². The maximum absolute atomic E-state index is 11.5. The molecule has 88 valence electrons. The number of ether oxygens (including phenoxy) is 1. The molecule has 0 aliphatic rings. The maximum atomic E-state index is 11.5. The lowest BCUT2D eigenvalue weighted by atomic mass is 10.2. The monoisotopic (exact) mass is 254 g/mol. The Bertz CT molecular complexity index is 314. The second-order valence-corrected chi connectivity index (χ2v) is 8.32. The number of hydrogen-bond acceptors (Lipinski definition) is 3. The predicted molar refractivity (Wildman–Crippen MR) is 70.0 cm³/mol. The third-order valence-electron chi connectivity index (χ3n) is 1.98. The van der Waals surface area contributed by atoms with Crippen LogP contribution in [0.5, 0.6) is 0 Å². The van der Waals surface area contributed by atoms with E-state index in [1.807, 2.05) is 18.2 Å². The van der Waals surface area contributed by atoms with Crippen molar-refractivity contribution in [2.45, 2.75) is 19.1 Å². The van der Waals surface area contributed by atoms with Crippen LogP contribution in [-0.4, -0.2) is 31.4 Å². The summed E-state index contributed by atoms with van der Waals surface area (Å²) in [4.78, 5) is 11.5. The van der Waals surface area contributed by atoms with Crippen molar-refractivity contribution in [3.8, 4) is 0 Å². The van der Waals surface area contributed by atoms with Crippen LogP contribution >= 0.6 is 0 Å². The number of carbonyl (C=O) groups is 1. The highest BCUT2D eigenvalue weighted by Gasteiger charge is 2.05. The van der Waals surface area contributed by atoms with Crippen molar-refractivity contribution >= 4 is 24.8 Å². The summed E-state index contributed by atoms with van der Waals surface area (Å²) in [5.74, 6) is -0.239. The molecule has 0 aliphatic heterocycles. The molecule has 1 aromatic rings. The molecule has 0 N–H and O–H groups in total. The highest BCUT2D eigenvalue weighted by atomic mass is 28.3. The molecule has 0 radical (unpaired) electrons. The van der Waals surface area contributed by atoms with Gasteiger partial charge in [-0.15, -0.1) is 0 Å². The van der Waals surface area contributed by atoms with Crippen molar-refractivity contribution in [1.29, 1.82) is 0 Å². The molecule has 1 aromatic carbocycles. The SMILES string of the molecule is C[SiH](C)O[SiH2]CCOC(=O)c1ccccc1. The van der Waals surface area contributed by atoms with Crippen LogP contribution in [0.1, 0.15) is 10.4 Å². The summed E-state index contributed by atoms with van der Waals surface area (Å²) >= 11 is 0. The fraction of sp³-hybridized carbons (Fsp3) is 0.364. The molecule has 5 heteroatoms. The van der Waals surface area contributed by atoms with Crippen LogP contribution in [-0.2, 0) is 8.85 Å². The first-order chi connectivity index (χ1) is 7.70. The number of esters is 1. The van der Waals surface area contributed by atoms with Crippen molar-refractivity contribution < 1.29 is 13.6 Å². The molecule has 0 saturated heterocycles. The second kappa shape index (κ2) is 7.37. The number of hydrogen-bond donors (Lipinski definition) is 0. The molecule has 0 spiro atoms. The van der Waals surface area contributed by atoms with E-state index >= 15 is 0 Å². The summed E-state index contributed by atoms with van der Waals surface area (Å²) in [5.41, 5.74) is 0.614. The molecule has 0 fully saturated rings. The van der Waals surface area contributed by atoms with Crippen LogP contribution < -0.4 is 0 Å². The molecule has 0 atom stereocenters. The molecule has 0 bridgehead atoms. The Balaban J connectivity index is 2.16. The van der Waals surface area contributed by atoms with Gasteiger partial charge in [-0.2, -0.15) is 0 Å². The van der Waals surface area contributed by atoms with Gasteiger partial charge in [0.25, 0.3) is 0 Å². The van der Waals surface area contributed by atoms with Gasteiger partial charge in [0.2, 0.25) is 0 Å². The minimum Gasteiger partial charge on any atom is -0.463 e. The zero-order valence-corrected chi connectivity index (χ0v) is 12.4. The Morgan fingerprint density at radius 3 is 2.62 bits per heavy atom. The summed E-state index contributed by atoms with van der Waals surface area (Å²) in [6.07, 6.45) is 0. The lowest BCUT2D eigenvalue weighted by molar-refractivity contribution is 0.0525. The first kappa shape index (κ1) is 13.2. The highest BCUT2D eigenvalue weighted by molar-refractivity contribution is 6.56. The zero-order chi connectivity index (χ0) is 11.8. The van der Waals surface area contributed by atoms with E-state index in [4.69, 9.17) is 8.85 Å². The number of carbonyl (C=O) groups excluding carboxylic acids is 1. The van der Waals surface area contributed by atoms with Gasteiger partial charge in [0.15, 0.2) is 9.04 Å². The lowest BCUT2D eigenvalue weighted by Gasteiger charge is -2.07. The molecular formula is C11H18O3Si2. The van der Waals surface area contributed by atoms with Crippen LogP contribution in [0.15, 0.2) is 30.3 Å². The fourth-order valence-electron chi connectivity index (χ4n) is 1.20. The predicted octanol–water partition coefficient (Wildman–Crippen LogP) is 1.35. The fourth-order valence-corrected chi connectivity index (χ4v) is 4.01. The van der Waals surface area contributed by atoms with Crippen molar-refractivity contribution in [2.24, 2.45) is 0 Å². The Labute approximate surface area is 100 Å². The van der Waals surface area contributed by atoms with Gasteiger partial charge in [0.1, 0.15) is 9.76 Å². The summed E-state index contributed by atoms with van der Waals surface area (Å²) in [5, 5.41) is 0. The van der Waals surface area contributed by atoms with Crippen LogP contribution in [0.4, 0.5) is 0 Å². The van der Waals surface area contributed by atoms with Gasteiger partial charge in [-0.1, -0.05) is 18.2 Å². The van der Waals surface area contributed by atoms with Gasteiger partial charge in [-0.25, -0.2) is 4.79 Å². The van der Waals surface area contributed by atoms with Crippen LogP contribution in [0.3, 0.4) is 0 Å². The molecule has 0 heterocycles. The Kier molecular flexibility index (Phi) is 6.06. The first-order valence-electron chi connectivity index (χ1n) is 5.54. The highest BCUT2D eigenvalue weighted by Crippen LogP contribution is 2.01. The van der Waals surface area contributed by atoms with Crippen molar-refractivity contribution in [3.05, 3.63) is 35.9 Å². The first-order valence-corrected chi connectivity index (χ1v) is 9.89. The van der Waals surface area contributed by atoms with E-state index in [0.29, 0.717) is 12.2 Å². The normalized spacial score (nSPS) is 11.2. The van der Waals surface area contributed by atoms with Gasteiger partial charge < -0.3 is 8.85 Å². The van der Waals surface area contributed by atoms with Crippen molar-refractivity contribution in [2.75, 3.05) is 6.61 Å². The molecule has 0 unspecified atom stereocenters. The Hall–Kier alpha value is -0.916. The lowest BCUT2D eigenvalue weighted by Crippen LogP contribution is -2.14. The third kappa shape index (κ3) is 5.25. The van der Waals surface area contributed by atoms with Crippen molar-refractivity contribution in [3.63, 3.8) is 0 Å². The average molecular weight is 254 g/mol. The van der Waals surface area contributed by atoms with Gasteiger partial charge in [-0.05, 0) is 31.3 Å². The van der Waals surface area contributed by atoms with E-state index in [2.05, 4.69) is 13.1 Å².